The van der Waals surface area contributed by atoms with Gasteiger partial charge in [0.1, 0.15) is 0 Å². The van der Waals surface area contributed by atoms with Crippen LogP contribution in [0.4, 0.5) is 0 Å². The average molecular weight is 282 g/mol. The molecule has 0 spiro atoms. The van der Waals surface area contributed by atoms with Crippen molar-refractivity contribution in [3.63, 3.8) is 0 Å². The number of ether oxygens (including phenoxy) is 1. The molecule has 0 bridgehead atoms. The fraction of sp³-hybridized carbons (Fsp3) is 0.353. The summed E-state index contributed by atoms with van der Waals surface area (Å²) in [6.07, 6.45) is 0.0950. The van der Waals surface area contributed by atoms with Crippen molar-refractivity contribution in [1.82, 2.24) is 4.98 Å². The zero-order valence-electron chi connectivity index (χ0n) is 12.5. The Hall–Kier alpha value is -2.41. The van der Waals surface area contributed by atoms with Crippen LogP contribution in [0.15, 0.2) is 24.3 Å². The van der Waals surface area contributed by atoms with Crippen molar-refractivity contribution in [1.29, 1.82) is 5.26 Å². The third-order valence-electron chi connectivity index (χ3n) is 3.23. The zero-order valence-corrected chi connectivity index (χ0v) is 12.5. The van der Waals surface area contributed by atoms with E-state index in [9.17, 15) is 4.79 Å². The standard InChI is InChI=1S/C17H18N2O2/c1-11(2)10-21-17(20)16-12(3)13-6-4-5-7-14(13)19-15(16)8-9-18/h4-7,11H,8,10H2,1-3H3. The summed E-state index contributed by atoms with van der Waals surface area (Å²) in [5.41, 5.74) is 2.53. The molecule has 0 atom stereocenters. The van der Waals surface area contributed by atoms with Crippen LogP contribution in [0.5, 0.6) is 0 Å². The second-order valence-electron chi connectivity index (χ2n) is 5.40. The first-order valence-corrected chi connectivity index (χ1v) is 6.97. The monoisotopic (exact) mass is 282 g/mol. The predicted molar refractivity (Wildman–Crippen MR) is 80.9 cm³/mol. The number of rotatable bonds is 4. The number of hydrogen-bond donors (Lipinski definition) is 0. The SMILES string of the molecule is Cc1c(C(=O)OCC(C)C)c(CC#N)nc2ccccc12. The second-order valence-corrected chi connectivity index (χ2v) is 5.40. The van der Waals surface area contributed by atoms with Crippen molar-refractivity contribution in [2.45, 2.75) is 27.2 Å². The van der Waals surface area contributed by atoms with Crippen LogP contribution in [0.25, 0.3) is 10.9 Å². The molecule has 1 aromatic carbocycles. The van der Waals surface area contributed by atoms with Gasteiger partial charge in [-0.15, -0.1) is 0 Å². The molecule has 4 heteroatoms. The van der Waals surface area contributed by atoms with Gasteiger partial charge in [0.15, 0.2) is 0 Å². The van der Waals surface area contributed by atoms with Crippen molar-refractivity contribution in [2.24, 2.45) is 5.92 Å². The van der Waals surface area contributed by atoms with Gasteiger partial charge < -0.3 is 4.74 Å². The molecule has 0 unspecified atom stereocenters. The van der Waals surface area contributed by atoms with E-state index >= 15 is 0 Å². The van der Waals surface area contributed by atoms with Crippen molar-refractivity contribution < 1.29 is 9.53 Å². The summed E-state index contributed by atoms with van der Waals surface area (Å²) in [7, 11) is 0. The van der Waals surface area contributed by atoms with Gasteiger partial charge >= 0.3 is 5.97 Å². The predicted octanol–water partition coefficient (Wildman–Crippen LogP) is 3.42. The van der Waals surface area contributed by atoms with Gasteiger partial charge in [0, 0.05) is 5.39 Å². The number of esters is 1. The lowest BCUT2D eigenvalue weighted by atomic mass is 10.0. The average Bonchev–Trinajstić information content (AvgIpc) is 2.45. The molecule has 0 amide bonds. The highest BCUT2D eigenvalue weighted by molar-refractivity contribution is 5.98. The van der Waals surface area contributed by atoms with Crippen molar-refractivity contribution in [2.75, 3.05) is 6.61 Å². The quantitative estimate of drug-likeness (QED) is 0.806. The van der Waals surface area contributed by atoms with Gasteiger partial charge in [-0.3, -0.25) is 4.98 Å². The Bertz CT molecular complexity index is 715. The van der Waals surface area contributed by atoms with E-state index in [4.69, 9.17) is 10.00 Å². The van der Waals surface area contributed by atoms with E-state index in [2.05, 4.69) is 11.1 Å². The van der Waals surface area contributed by atoms with E-state index < -0.39 is 5.97 Å². The fourth-order valence-electron chi connectivity index (χ4n) is 2.23. The molecular weight excluding hydrogens is 264 g/mol. The van der Waals surface area contributed by atoms with E-state index in [1.54, 1.807) is 0 Å². The molecule has 0 fully saturated rings. The maximum atomic E-state index is 12.3. The number of carbonyl (C=O) groups is 1. The lowest BCUT2D eigenvalue weighted by Gasteiger charge is -2.13. The van der Waals surface area contributed by atoms with E-state index in [-0.39, 0.29) is 12.3 Å². The number of aromatic nitrogens is 1. The van der Waals surface area contributed by atoms with Gasteiger partial charge in [-0.2, -0.15) is 5.26 Å². The first-order valence-electron chi connectivity index (χ1n) is 6.97. The van der Waals surface area contributed by atoms with Crippen LogP contribution in [0.2, 0.25) is 0 Å². The van der Waals surface area contributed by atoms with Crippen LogP contribution in [-0.2, 0) is 11.2 Å². The van der Waals surface area contributed by atoms with Crippen molar-refractivity contribution in [3.05, 3.63) is 41.1 Å². The molecule has 2 aromatic rings. The largest absolute Gasteiger partial charge is 0.462 e. The molecule has 0 aliphatic carbocycles. The van der Waals surface area contributed by atoms with Gasteiger partial charge in [0.25, 0.3) is 0 Å². The summed E-state index contributed by atoms with van der Waals surface area (Å²) in [6.45, 7) is 6.19. The zero-order chi connectivity index (χ0) is 15.4. The number of hydrogen-bond acceptors (Lipinski definition) is 4. The maximum Gasteiger partial charge on any atom is 0.340 e. The molecule has 0 N–H and O–H groups in total. The van der Waals surface area contributed by atoms with E-state index in [0.29, 0.717) is 17.9 Å². The topological polar surface area (TPSA) is 63.0 Å². The number of aryl methyl sites for hydroxylation is 1. The number of benzene rings is 1. The van der Waals surface area contributed by atoms with Crippen molar-refractivity contribution >= 4 is 16.9 Å². The van der Waals surface area contributed by atoms with Crippen LogP contribution in [0, 0.1) is 24.2 Å². The van der Waals surface area contributed by atoms with Gasteiger partial charge in [-0.1, -0.05) is 32.0 Å². The highest BCUT2D eigenvalue weighted by Crippen LogP contribution is 2.24. The molecule has 0 radical (unpaired) electrons. The minimum Gasteiger partial charge on any atom is -0.462 e. The van der Waals surface area contributed by atoms with E-state index in [1.807, 2.05) is 45.0 Å². The Labute approximate surface area is 124 Å². The molecule has 0 aliphatic heterocycles. The summed E-state index contributed by atoms with van der Waals surface area (Å²) in [4.78, 5) is 16.8. The van der Waals surface area contributed by atoms with Crippen LogP contribution >= 0.6 is 0 Å². The van der Waals surface area contributed by atoms with Crippen molar-refractivity contribution in [3.8, 4) is 6.07 Å². The third-order valence-corrected chi connectivity index (χ3v) is 3.23. The number of para-hydroxylation sites is 1. The first-order chi connectivity index (χ1) is 10.0. The lowest BCUT2D eigenvalue weighted by Crippen LogP contribution is -2.15. The van der Waals surface area contributed by atoms with Crippen LogP contribution in [0.1, 0.15) is 35.5 Å². The molecular formula is C17H18N2O2. The van der Waals surface area contributed by atoms with Gasteiger partial charge in [-0.05, 0) is 24.5 Å². The van der Waals surface area contributed by atoms with E-state index in [1.165, 1.54) is 0 Å². The number of fused-ring (bicyclic) bond motifs is 1. The Kier molecular flexibility index (Phi) is 4.54. The smallest absolute Gasteiger partial charge is 0.340 e. The highest BCUT2D eigenvalue weighted by atomic mass is 16.5. The van der Waals surface area contributed by atoms with Gasteiger partial charge in [-0.25, -0.2) is 4.79 Å². The summed E-state index contributed by atoms with van der Waals surface area (Å²) in [5.74, 6) is -0.133. The fourth-order valence-corrected chi connectivity index (χ4v) is 2.23. The third kappa shape index (κ3) is 3.19. The number of nitriles is 1. The Morgan fingerprint density at radius 2 is 2.10 bits per heavy atom. The molecule has 1 aromatic heterocycles. The normalized spacial score (nSPS) is 10.6. The summed E-state index contributed by atoms with van der Waals surface area (Å²) in [6, 6.07) is 9.67. The minimum absolute atomic E-state index is 0.0950. The van der Waals surface area contributed by atoms with E-state index in [0.717, 1.165) is 16.5 Å². The second kappa shape index (κ2) is 6.36. The molecule has 0 saturated heterocycles. The summed E-state index contributed by atoms with van der Waals surface area (Å²) >= 11 is 0. The Morgan fingerprint density at radius 3 is 2.76 bits per heavy atom. The molecule has 4 nitrogen and oxygen atoms in total. The molecule has 0 aliphatic rings. The number of carbonyl (C=O) groups excluding carboxylic acids is 1. The number of pyridine rings is 1. The van der Waals surface area contributed by atoms with Gasteiger partial charge in [0.05, 0.1) is 35.9 Å². The minimum atomic E-state index is -0.398. The highest BCUT2D eigenvalue weighted by Gasteiger charge is 2.20. The summed E-state index contributed by atoms with van der Waals surface area (Å²) < 4.78 is 5.32. The Morgan fingerprint density at radius 1 is 1.38 bits per heavy atom. The number of nitrogens with zero attached hydrogens (tertiary/aromatic N) is 2. The van der Waals surface area contributed by atoms with Crippen LogP contribution in [-0.4, -0.2) is 17.6 Å². The Balaban J connectivity index is 2.54. The molecule has 2 rings (SSSR count). The van der Waals surface area contributed by atoms with Crippen LogP contribution in [0.3, 0.4) is 0 Å². The maximum absolute atomic E-state index is 12.3. The van der Waals surface area contributed by atoms with Gasteiger partial charge in [0.2, 0.25) is 0 Å². The molecule has 108 valence electrons. The molecule has 0 saturated carbocycles. The lowest BCUT2D eigenvalue weighted by molar-refractivity contribution is 0.0456. The first kappa shape index (κ1) is 15.0. The molecule has 21 heavy (non-hydrogen) atoms. The van der Waals surface area contributed by atoms with Crippen LogP contribution < -0.4 is 0 Å². The molecule has 1 heterocycles. The summed E-state index contributed by atoms with van der Waals surface area (Å²) in [5, 5.41) is 9.88.